The second-order valence-corrected chi connectivity index (χ2v) is 6.56. The number of aliphatic carboxylic acids is 1. The Kier molecular flexibility index (Phi) is 6.02. The van der Waals surface area contributed by atoms with E-state index in [0.29, 0.717) is 31.1 Å². The third kappa shape index (κ3) is 4.10. The number of amides is 1. The Bertz CT molecular complexity index is 803. The summed E-state index contributed by atoms with van der Waals surface area (Å²) in [4.78, 5) is 23.3. The smallest absolute Gasteiger partial charge is 0.303 e. The highest BCUT2D eigenvalue weighted by atomic mass is 16.4. The van der Waals surface area contributed by atoms with E-state index in [4.69, 9.17) is 5.11 Å². The van der Waals surface area contributed by atoms with Crippen molar-refractivity contribution < 1.29 is 14.7 Å². The van der Waals surface area contributed by atoms with Crippen LogP contribution in [0.2, 0.25) is 0 Å². The van der Waals surface area contributed by atoms with Crippen molar-refractivity contribution in [2.24, 2.45) is 0 Å². The molecule has 0 aliphatic rings. The molecule has 0 atom stereocenters. The van der Waals surface area contributed by atoms with Crippen LogP contribution in [0.15, 0.2) is 30.9 Å². The number of rotatable bonds is 8. The molecule has 5 nitrogen and oxygen atoms in total. The summed E-state index contributed by atoms with van der Waals surface area (Å²) in [6, 6.07) is 6.30. The van der Waals surface area contributed by atoms with Gasteiger partial charge in [0.2, 0.25) is 0 Å². The zero-order valence-corrected chi connectivity index (χ0v) is 15.1. The van der Waals surface area contributed by atoms with Crippen LogP contribution in [0.25, 0.3) is 10.9 Å². The Hall–Kier alpha value is -2.56. The van der Waals surface area contributed by atoms with Crippen LogP contribution in [0.5, 0.6) is 0 Å². The van der Waals surface area contributed by atoms with Gasteiger partial charge in [-0.05, 0) is 42.5 Å². The number of allylic oxidation sites excluding steroid dienone is 1. The van der Waals surface area contributed by atoms with Gasteiger partial charge in [-0.15, -0.1) is 6.58 Å². The van der Waals surface area contributed by atoms with Gasteiger partial charge in [0.25, 0.3) is 5.91 Å². The number of carbonyl (C=O) groups is 2. The van der Waals surface area contributed by atoms with Crippen molar-refractivity contribution in [2.75, 3.05) is 6.54 Å². The van der Waals surface area contributed by atoms with Crippen LogP contribution in [-0.4, -0.2) is 28.1 Å². The van der Waals surface area contributed by atoms with Crippen LogP contribution in [0.3, 0.4) is 0 Å². The summed E-state index contributed by atoms with van der Waals surface area (Å²) >= 11 is 0. The second kappa shape index (κ2) is 8.01. The van der Waals surface area contributed by atoms with Crippen molar-refractivity contribution in [3.63, 3.8) is 0 Å². The van der Waals surface area contributed by atoms with E-state index < -0.39 is 5.97 Å². The molecule has 0 saturated carbocycles. The van der Waals surface area contributed by atoms with Crippen molar-refractivity contribution in [3.05, 3.63) is 47.7 Å². The molecule has 1 amide bonds. The molecule has 2 aromatic rings. The fourth-order valence-corrected chi connectivity index (χ4v) is 3.04. The number of hydrogen-bond donors (Lipinski definition) is 2. The molecular weight excluding hydrogens is 316 g/mol. The first-order chi connectivity index (χ1) is 11.9. The van der Waals surface area contributed by atoms with Crippen LogP contribution in [-0.2, 0) is 11.3 Å². The van der Waals surface area contributed by atoms with Gasteiger partial charge in [0.1, 0.15) is 5.69 Å². The van der Waals surface area contributed by atoms with Gasteiger partial charge >= 0.3 is 5.97 Å². The standard InChI is InChI=1S/C20H26N2O3/c1-5-11-22-17-9-8-15(13(2)3)12-16(17)14(4)19(22)20(25)21-10-6-7-18(23)24/h5,8-9,12-13H,1,6-7,10-11H2,2-4H3,(H,21,25)(H,23,24). The number of benzene rings is 1. The van der Waals surface area contributed by atoms with Gasteiger partial charge in [-0.2, -0.15) is 0 Å². The molecule has 0 aliphatic carbocycles. The number of carboxylic acids is 1. The van der Waals surface area contributed by atoms with Crippen molar-refractivity contribution >= 4 is 22.8 Å². The molecular formula is C20H26N2O3. The third-order valence-corrected chi connectivity index (χ3v) is 4.39. The molecule has 1 aromatic heterocycles. The van der Waals surface area contributed by atoms with Gasteiger partial charge < -0.3 is 15.0 Å². The number of nitrogens with one attached hydrogen (secondary N) is 1. The average Bonchev–Trinajstić information content (AvgIpc) is 2.83. The first-order valence-electron chi connectivity index (χ1n) is 8.60. The second-order valence-electron chi connectivity index (χ2n) is 6.56. The van der Waals surface area contributed by atoms with Gasteiger partial charge in [0.15, 0.2) is 0 Å². The molecule has 0 unspecified atom stereocenters. The number of fused-ring (bicyclic) bond motifs is 1. The van der Waals surface area contributed by atoms with E-state index in [9.17, 15) is 9.59 Å². The van der Waals surface area contributed by atoms with E-state index in [2.05, 4.69) is 43.9 Å². The SMILES string of the molecule is C=CCn1c(C(=O)NCCCC(=O)O)c(C)c2cc(C(C)C)ccc21. The Morgan fingerprint density at radius 3 is 2.68 bits per heavy atom. The van der Waals surface area contributed by atoms with Crippen LogP contribution in [0, 0.1) is 6.92 Å². The van der Waals surface area contributed by atoms with Crippen molar-refractivity contribution in [2.45, 2.75) is 46.1 Å². The highest BCUT2D eigenvalue weighted by Crippen LogP contribution is 2.29. The van der Waals surface area contributed by atoms with Crippen molar-refractivity contribution in [1.29, 1.82) is 0 Å². The van der Waals surface area contributed by atoms with Crippen LogP contribution >= 0.6 is 0 Å². The van der Waals surface area contributed by atoms with Crippen LogP contribution in [0.1, 0.15) is 54.2 Å². The van der Waals surface area contributed by atoms with E-state index >= 15 is 0 Å². The molecule has 0 radical (unpaired) electrons. The molecule has 0 aliphatic heterocycles. The summed E-state index contributed by atoms with van der Waals surface area (Å²) in [5.41, 5.74) is 3.80. The summed E-state index contributed by atoms with van der Waals surface area (Å²) in [5.74, 6) is -0.612. The Labute approximate surface area is 148 Å². The minimum atomic E-state index is -0.854. The monoisotopic (exact) mass is 342 g/mol. The summed E-state index contributed by atoms with van der Waals surface area (Å²) in [6.45, 7) is 10.9. The first-order valence-corrected chi connectivity index (χ1v) is 8.60. The molecule has 0 spiro atoms. The zero-order valence-electron chi connectivity index (χ0n) is 15.1. The minimum absolute atomic E-state index is 0.0483. The Balaban J connectivity index is 2.38. The van der Waals surface area contributed by atoms with Gasteiger partial charge in [0.05, 0.1) is 0 Å². The minimum Gasteiger partial charge on any atom is -0.481 e. The summed E-state index contributed by atoms with van der Waals surface area (Å²) < 4.78 is 1.97. The van der Waals surface area contributed by atoms with E-state index in [1.807, 2.05) is 11.5 Å². The van der Waals surface area contributed by atoms with Gasteiger partial charge in [-0.1, -0.05) is 26.0 Å². The maximum atomic E-state index is 12.7. The lowest BCUT2D eigenvalue weighted by atomic mass is 10.0. The number of aromatic nitrogens is 1. The predicted molar refractivity (Wildman–Crippen MR) is 100 cm³/mol. The fraction of sp³-hybridized carbons (Fsp3) is 0.400. The summed E-state index contributed by atoms with van der Waals surface area (Å²) in [6.07, 6.45) is 2.24. The quantitative estimate of drug-likeness (QED) is 0.565. The number of hydrogen-bond acceptors (Lipinski definition) is 2. The molecule has 2 N–H and O–H groups in total. The molecule has 0 saturated heterocycles. The maximum Gasteiger partial charge on any atom is 0.303 e. The Morgan fingerprint density at radius 1 is 1.36 bits per heavy atom. The topological polar surface area (TPSA) is 71.3 Å². The predicted octanol–water partition coefficient (Wildman–Crippen LogP) is 3.85. The van der Waals surface area contributed by atoms with Gasteiger partial charge in [-0.25, -0.2) is 0 Å². The molecule has 25 heavy (non-hydrogen) atoms. The van der Waals surface area contributed by atoms with Gasteiger partial charge in [-0.3, -0.25) is 9.59 Å². The first kappa shape index (κ1) is 18.8. The lowest BCUT2D eigenvalue weighted by Gasteiger charge is -2.10. The van der Waals surface area contributed by atoms with E-state index in [1.165, 1.54) is 5.56 Å². The number of carbonyl (C=O) groups excluding carboxylic acids is 1. The van der Waals surface area contributed by atoms with Crippen LogP contribution in [0.4, 0.5) is 0 Å². The zero-order chi connectivity index (χ0) is 18.6. The van der Waals surface area contributed by atoms with Crippen molar-refractivity contribution in [1.82, 2.24) is 9.88 Å². The third-order valence-electron chi connectivity index (χ3n) is 4.39. The normalized spacial score (nSPS) is 11.0. The Morgan fingerprint density at radius 2 is 2.08 bits per heavy atom. The number of nitrogens with zero attached hydrogens (tertiary/aromatic N) is 1. The average molecular weight is 342 g/mol. The number of aryl methyl sites for hydroxylation is 1. The van der Waals surface area contributed by atoms with E-state index in [1.54, 1.807) is 6.08 Å². The molecule has 1 heterocycles. The summed E-state index contributed by atoms with van der Waals surface area (Å²) in [5, 5.41) is 12.6. The number of carboxylic acid groups (broad SMARTS) is 1. The van der Waals surface area contributed by atoms with Crippen molar-refractivity contribution in [3.8, 4) is 0 Å². The maximum absolute atomic E-state index is 12.7. The van der Waals surface area contributed by atoms with E-state index in [-0.39, 0.29) is 12.3 Å². The largest absolute Gasteiger partial charge is 0.481 e. The fourth-order valence-electron chi connectivity index (χ4n) is 3.04. The van der Waals surface area contributed by atoms with Crippen LogP contribution < -0.4 is 5.32 Å². The lowest BCUT2D eigenvalue weighted by Crippen LogP contribution is -2.27. The van der Waals surface area contributed by atoms with Gasteiger partial charge in [0, 0.05) is 30.4 Å². The molecule has 1 aromatic carbocycles. The summed E-state index contributed by atoms with van der Waals surface area (Å²) in [7, 11) is 0. The molecule has 0 bridgehead atoms. The highest BCUT2D eigenvalue weighted by molar-refractivity contribution is 6.01. The highest BCUT2D eigenvalue weighted by Gasteiger charge is 2.20. The molecule has 2 rings (SSSR count). The lowest BCUT2D eigenvalue weighted by molar-refractivity contribution is -0.137. The molecule has 5 heteroatoms. The molecule has 134 valence electrons. The van der Waals surface area contributed by atoms with E-state index in [0.717, 1.165) is 16.5 Å². The molecule has 0 fully saturated rings.